The van der Waals surface area contributed by atoms with Gasteiger partial charge in [-0.1, -0.05) is 30.3 Å². The highest BCUT2D eigenvalue weighted by atomic mass is 15.4. The quantitative estimate of drug-likeness (QED) is 0.544. The highest BCUT2D eigenvalue weighted by molar-refractivity contribution is 5.91. The standard InChI is InChI=1S/C22H23N9/c1-2-5-16(6-3-1)15-31-10-7-17-18-19(28-27-17)25-22(26-20(18)31)30-13-11-29(12-14-30)21-23-8-4-9-24-21/h1-6,8-9H,7,10-15H2,(H,25,26,27,28). The minimum atomic E-state index is 0.756. The number of rotatable bonds is 4. The Hall–Kier alpha value is -3.75. The van der Waals surface area contributed by atoms with Crippen molar-refractivity contribution in [2.45, 2.75) is 13.0 Å². The largest absolute Gasteiger partial charge is 0.351 e. The molecule has 0 atom stereocenters. The molecule has 0 spiro atoms. The summed E-state index contributed by atoms with van der Waals surface area (Å²) in [5.41, 5.74) is 3.16. The Morgan fingerprint density at radius 1 is 0.806 bits per heavy atom. The Labute approximate surface area is 179 Å². The zero-order chi connectivity index (χ0) is 20.6. The van der Waals surface area contributed by atoms with E-state index in [0.717, 1.165) is 80.1 Å². The van der Waals surface area contributed by atoms with Crippen molar-refractivity contribution in [1.82, 2.24) is 30.1 Å². The molecule has 1 saturated heterocycles. The third-order valence-corrected chi connectivity index (χ3v) is 6.00. The minimum Gasteiger partial charge on any atom is -0.351 e. The lowest BCUT2D eigenvalue weighted by atomic mass is 10.1. The van der Waals surface area contributed by atoms with Gasteiger partial charge in [-0.15, -0.1) is 0 Å². The summed E-state index contributed by atoms with van der Waals surface area (Å²) in [6.07, 6.45) is 4.47. The molecule has 31 heavy (non-hydrogen) atoms. The van der Waals surface area contributed by atoms with Crippen LogP contribution in [0.1, 0.15) is 11.3 Å². The number of aromatic amines is 1. The van der Waals surface area contributed by atoms with E-state index >= 15 is 0 Å². The first-order valence-corrected chi connectivity index (χ1v) is 10.7. The number of H-pyrrole nitrogens is 1. The van der Waals surface area contributed by atoms with E-state index in [2.05, 4.69) is 65.2 Å². The molecule has 0 saturated carbocycles. The highest BCUT2D eigenvalue weighted by Crippen LogP contribution is 2.33. The molecule has 0 unspecified atom stereocenters. The fourth-order valence-electron chi connectivity index (χ4n) is 4.38. The first kappa shape index (κ1) is 18.1. The average Bonchev–Trinajstić information content (AvgIpc) is 3.26. The predicted octanol–water partition coefficient (Wildman–Crippen LogP) is 2.03. The van der Waals surface area contributed by atoms with E-state index in [4.69, 9.17) is 9.97 Å². The van der Waals surface area contributed by atoms with Gasteiger partial charge in [0.15, 0.2) is 5.65 Å². The molecule has 156 valence electrons. The van der Waals surface area contributed by atoms with Crippen LogP contribution in [0, 0.1) is 0 Å². The van der Waals surface area contributed by atoms with E-state index in [-0.39, 0.29) is 0 Å². The fourth-order valence-corrected chi connectivity index (χ4v) is 4.38. The summed E-state index contributed by atoms with van der Waals surface area (Å²) in [4.78, 5) is 25.4. The van der Waals surface area contributed by atoms with Crippen molar-refractivity contribution in [2.24, 2.45) is 0 Å². The van der Waals surface area contributed by atoms with E-state index in [1.165, 1.54) is 5.56 Å². The van der Waals surface area contributed by atoms with Crippen LogP contribution in [0.4, 0.5) is 17.7 Å². The molecule has 0 radical (unpaired) electrons. The summed E-state index contributed by atoms with van der Waals surface area (Å²) in [5.74, 6) is 2.51. The first-order valence-electron chi connectivity index (χ1n) is 10.7. The molecule has 4 aromatic rings. The van der Waals surface area contributed by atoms with E-state index in [1.807, 2.05) is 6.07 Å². The Balaban J connectivity index is 1.28. The highest BCUT2D eigenvalue weighted by Gasteiger charge is 2.27. The molecule has 2 aliphatic heterocycles. The molecule has 0 amide bonds. The first-order chi connectivity index (χ1) is 15.3. The van der Waals surface area contributed by atoms with Gasteiger partial charge in [0.25, 0.3) is 0 Å². The zero-order valence-electron chi connectivity index (χ0n) is 17.1. The molecule has 0 bridgehead atoms. The number of benzene rings is 1. The van der Waals surface area contributed by atoms with Gasteiger partial charge < -0.3 is 14.7 Å². The van der Waals surface area contributed by atoms with Crippen LogP contribution in [-0.2, 0) is 13.0 Å². The van der Waals surface area contributed by atoms with Gasteiger partial charge in [0.05, 0.1) is 11.1 Å². The Morgan fingerprint density at radius 3 is 2.32 bits per heavy atom. The van der Waals surface area contributed by atoms with Crippen molar-refractivity contribution in [2.75, 3.05) is 47.4 Å². The Kier molecular flexibility index (Phi) is 4.37. The number of anilines is 3. The van der Waals surface area contributed by atoms with Gasteiger partial charge in [0.2, 0.25) is 11.9 Å². The van der Waals surface area contributed by atoms with Gasteiger partial charge in [-0.25, -0.2) is 9.97 Å². The lowest BCUT2D eigenvalue weighted by Crippen LogP contribution is -2.47. The Morgan fingerprint density at radius 2 is 1.55 bits per heavy atom. The third kappa shape index (κ3) is 3.31. The molecule has 1 fully saturated rings. The van der Waals surface area contributed by atoms with Crippen LogP contribution in [0.15, 0.2) is 48.8 Å². The van der Waals surface area contributed by atoms with Crippen LogP contribution in [-0.4, -0.2) is 62.9 Å². The van der Waals surface area contributed by atoms with Crippen molar-refractivity contribution in [3.05, 3.63) is 60.0 Å². The number of hydrogen-bond acceptors (Lipinski definition) is 8. The number of nitrogens with zero attached hydrogens (tertiary/aromatic N) is 8. The molecule has 6 rings (SSSR count). The van der Waals surface area contributed by atoms with Gasteiger partial charge in [-0.2, -0.15) is 15.1 Å². The maximum Gasteiger partial charge on any atom is 0.229 e. The minimum absolute atomic E-state index is 0.756. The van der Waals surface area contributed by atoms with Crippen LogP contribution >= 0.6 is 0 Å². The molecule has 0 aliphatic carbocycles. The fraction of sp³-hybridized carbons (Fsp3) is 0.318. The molecular weight excluding hydrogens is 390 g/mol. The third-order valence-electron chi connectivity index (χ3n) is 6.00. The van der Waals surface area contributed by atoms with Crippen LogP contribution in [0.5, 0.6) is 0 Å². The van der Waals surface area contributed by atoms with E-state index in [0.29, 0.717) is 0 Å². The van der Waals surface area contributed by atoms with E-state index in [9.17, 15) is 0 Å². The summed E-state index contributed by atoms with van der Waals surface area (Å²) < 4.78 is 0. The maximum absolute atomic E-state index is 5.03. The lowest BCUT2D eigenvalue weighted by molar-refractivity contribution is 0.627. The summed E-state index contributed by atoms with van der Waals surface area (Å²) in [7, 11) is 0. The van der Waals surface area contributed by atoms with E-state index < -0.39 is 0 Å². The summed E-state index contributed by atoms with van der Waals surface area (Å²) in [6, 6.07) is 12.4. The molecule has 1 aromatic carbocycles. The molecule has 2 aliphatic rings. The van der Waals surface area contributed by atoms with Crippen LogP contribution in [0.2, 0.25) is 0 Å². The second-order valence-electron chi connectivity index (χ2n) is 7.92. The second-order valence-corrected chi connectivity index (χ2v) is 7.92. The SMILES string of the molecule is c1ccc(CN2CCc3n[nH]c4nc(N5CCN(c6ncccn6)CC5)nc2c34)cc1. The number of nitrogens with one attached hydrogen (secondary N) is 1. The molecule has 9 heteroatoms. The molecule has 9 nitrogen and oxygen atoms in total. The van der Waals surface area contributed by atoms with E-state index in [1.54, 1.807) is 12.4 Å². The van der Waals surface area contributed by atoms with Crippen molar-refractivity contribution in [3.63, 3.8) is 0 Å². The summed E-state index contributed by atoms with van der Waals surface area (Å²) in [6.45, 7) is 5.05. The maximum atomic E-state index is 5.03. The van der Waals surface area contributed by atoms with Gasteiger partial charge >= 0.3 is 0 Å². The molecule has 1 N–H and O–H groups in total. The van der Waals surface area contributed by atoms with Gasteiger partial charge in [-0.05, 0) is 11.6 Å². The monoisotopic (exact) mass is 413 g/mol. The van der Waals surface area contributed by atoms with Gasteiger partial charge in [0.1, 0.15) is 5.82 Å². The van der Waals surface area contributed by atoms with Crippen molar-refractivity contribution >= 4 is 28.7 Å². The van der Waals surface area contributed by atoms with Crippen molar-refractivity contribution < 1.29 is 0 Å². The summed E-state index contributed by atoms with van der Waals surface area (Å²) in [5, 5.41) is 8.70. The van der Waals surface area contributed by atoms with Gasteiger partial charge in [-0.3, -0.25) is 5.10 Å². The van der Waals surface area contributed by atoms with Crippen LogP contribution in [0.3, 0.4) is 0 Å². The van der Waals surface area contributed by atoms with Gasteiger partial charge in [0, 0.05) is 58.1 Å². The smallest absolute Gasteiger partial charge is 0.229 e. The van der Waals surface area contributed by atoms with Crippen molar-refractivity contribution in [1.29, 1.82) is 0 Å². The summed E-state index contributed by atoms with van der Waals surface area (Å²) >= 11 is 0. The average molecular weight is 413 g/mol. The van der Waals surface area contributed by atoms with Crippen molar-refractivity contribution in [3.8, 4) is 0 Å². The lowest BCUT2D eigenvalue weighted by Gasteiger charge is -2.35. The second kappa shape index (κ2) is 7.50. The molecule has 5 heterocycles. The molecular formula is C22H23N9. The Bertz CT molecular complexity index is 1180. The van der Waals surface area contributed by atoms with Crippen LogP contribution < -0.4 is 14.7 Å². The number of piperazine rings is 1. The number of hydrogen-bond donors (Lipinski definition) is 1. The zero-order valence-corrected chi connectivity index (χ0v) is 17.1. The topological polar surface area (TPSA) is 90.0 Å². The normalized spacial score (nSPS) is 16.2. The predicted molar refractivity (Wildman–Crippen MR) is 119 cm³/mol. The molecule has 3 aromatic heterocycles. The van der Waals surface area contributed by atoms with Crippen LogP contribution in [0.25, 0.3) is 11.0 Å². The number of aromatic nitrogens is 6.